The number of carbonyl (C=O) groups excluding carboxylic acids is 3. The van der Waals surface area contributed by atoms with Gasteiger partial charge in [0, 0.05) is 10.7 Å². The standard InChI is InChI=1S/C25H18BrClN2O4S/c26-20-12-17(8-11-21(20)33-15-16-6-9-18(27)10-7-16)13-22-24(31)29(25(32)34-22)14-23(30)28-19-4-2-1-3-5-19/h1-13H,14-15H2,(H,28,30)/b22-13-. The second-order valence-electron chi connectivity index (χ2n) is 7.29. The highest BCUT2D eigenvalue weighted by Crippen LogP contribution is 2.34. The lowest BCUT2D eigenvalue weighted by Gasteiger charge is -2.12. The predicted octanol–water partition coefficient (Wildman–Crippen LogP) is 6.36. The summed E-state index contributed by atoms with van der Waals surface area (Å²) in [6, 6.07) is 21.6. The van der Waals surface area contributed by atoms with Crippen LogP contribution in [0.2, 0.25) is 5.02 Å². The van der Waals surface area contributed by atoms with Crippen molar-refractivity contribution in [3.8, 4) is 5.75 Å². The first kappa shape index (κ1) is 24.1. The van der Waals surface area contributed by atoms with Gasteiger partial charge < -0.3 is 10.1 Å². The highest BCUT2D eigenvalue weighted by atomic mass is 79.9. The Balaban J connectivity index is 1.39. The number of carbonyl (C=O) groups is 3. The van der Waals surface area contributed by atoms with Gasteiger partial charge in [-0.1, -0.05) is 48.0 Å². The van der Waals surface area contributed by atoms with E-state index in [1.54, 1.807) is 60.7 Å². The Morgan fingerprint density at radius 1 is 1.06 bits per heavy atom. The fraction of sp³-hybridized carbons (Fsp3) is 0.0800. The second-order valence-corrected chi connectivity index (χ2v) is 9.57. The molecule has 1 saturated heterocycles. The zero-order chi connectivity index (χ0) is 24.1. The van der Waals surface area contributed by atoms with Crippen LogP contribution in [0.4, 0.5) is 10.5 Å². The number of benzene rings is 3. The van der Waals surface area contributed by atoms with Crippen molar-refractivity contribution >= 4 is 68.1 Å². The van der Waals surface area contributed by atoms with E-state index >= 15 is 0 Å². The quantitative estimate of drug-likeness (QED) is 0.342. The van der Waals surface area contributed by atoms with Crippen LogP contribution in [0.3, 0.4) is 0 Å². The minimum Gasteiger partial charge on any atom is -0.488 e. The van der Waals surface area contributed by atoms with Gasteiger partial charge in [-0.25, -0.2) is 0 Å². The van der Waals surface area contributed by atoms with Crippen molar-refractivity contribution in [3.63, 3.8) is 0 Å². The lowest BCUT2D eigenvalue weighted by atomic mass is 10.2. The predicted molar refractivity (Wildman–Crippen MR) is 138 cm³/mol. The first-order chi connectivity index (χ1) is 16.4. The van der Waals surface area contributed by atoms with Crippen LogP contribution in [0.5, 0.6) is 5.75 Å². The Bertz CT molecular complexity index is 1270. The largest absolute Gasteiger partial charge is 0.488 e. The second kappa shape index (κ2) is 10.9. The Kier molecular flexibility index (Phi) is 7.72. The number of hydrogen-bond acceptors (Lipinski definition) is 5. The van der Waals surface area contributed by atoms with E-state index in [1.807, 2.05) is 18.2 Å². The monoisotopic (exact) mass is 556 g/mol. The van der Waals surface area contributed by atoms with Crippen molar-refractivity contribution in [2.45, 2.75) is 6.61 Å². The van der Waals surface area contributed by atoms with E-state index in [-0.39, 0.29) is 11.4 Å². The van der Waals surface area contributed by atoms with Crippen molar-refractivity contribution in [3.05, 3.63) is 98.3 Å². The Morgan fingerprint density at radius 3 is 2.50 bits per heavy atom. The third-order valence-electron chi connectivity index (χ3n) is 4.79. The van der Waals surface area contributed by atoms with Crippen molar-refractivity contribution in [1.29, 1.82) is 0 Å². The maximum Gasteiger partial charge on any atom is 0.294 e. The first-order valence-corrected chi connectivity index (χ1v) is 12.1. The van der Waals surface area contributed by atoms with Crippen molar-refractivity contribution < 1.29 is 19.1 Å². The fourth-order valence-corrected chi connectivity index (χ4v) is 4.59. The van der Waals surface area contributed by atoms with Crippen LogP contribution < -0.4 is 10.1 Å². The topological polar surface area (TPSA) is 75.7 Å². The van der Waals surface area contributed by atoms with E-state index in [0.717, 1.165) is 22.2 Å². The molecular formula is C25H18BrClN2O4S. The van der Waals surface area contributed by atoms with Crippen molar-refractivity contribution in [1.82, 2.24) is 4.90 Å². The molecule has 0 aromatic heterocycles. The van der Waals surface area contributed by atoms with Gasteiger partial charge in [-0.05, 0) is 81.3 Å². The summed E-state index contributed by atoms with van der Waals surface area (Å²) in [4.78, 5) is 38.5. The molecule has 0 atom stereocenters. The van der Waals surface area contributed by atoms with E-state index < -0.39 is 17.1 Å². The summed E-state index contributed by atoms with van der Waals surface area (Å²) in [5.41, 5.74) is 2.29. The summed E-state index contributed by atoms with van der Waals surface area (Å²) in [7, 11) is 0. The average Bonchev–Trinajstić information content (AvgIpc) is 3.07. The average molecular weight is 558 g/mol. The van der Waals surface area contributed by atoms with E-state index in [9.17, 15) is 14.4 Å². The first-order valence-electron chi connectivity index (χ1n) is 10.2. The van der Waals surface area contributed by atoms with Gasteiger partial charge in [-0.15, -0.1) is 0 Å². The molecule has 0 aliphatic carbocycles. The summed E-state index contributed by atoms with van der Waals surface area (Å²) < 4.78 is 6.55. The molecule has 34 heavy (non-hydrogen) atoms. The van der Waals surface area contributed by atoms with Crippen LogP contribution in [-0.2, 0) is 16.2 Å². The number of anilines is 1. The molecular weight excluding hydrogens is 540 g/mol. The van der Waals surface area contributed by atoms with E-state index in [1.165, 1.54) is 0 Å². The molecule has 1 N–H and O–H groups in total. The van der Waals surface area contributed by atoms with Crippen molar-refractivity contribution in [2.75, 3.05) is 11.9 Å². The molecule has 1 aliphatic heterocycles. The van der Waals surface area contributed by atoms with Gasteiger partial charge in [0.2, 0.25) is 5.91 Å². The molecule has 6 nitrogen and oxygen atoms in total. The van der Waals surface area contributed by atoms with E-state index in [4.69, 9.17) is 16.3 Å². The highest BCUT2D eigenvalue weighted by molar-refractivity contribution is 9.10. The van der Waals surface area contributed by atoms with Gasteiger partial charge in [0.25, 0.3) is 11.1 Å². The fourth-order valence-electron chi connectivity index (χ4n) is 3.12. The van der Waals surface area contributed by atoms with Gasteiger partial charge in [0.1, 0.15) is 18.9 Å². The lowest BCUT2D eigenvalue weighted by molar-refractivity contribution is -0.127. The number of amides is 3. The molecule has 0 saturated carbocycles. The molecule has 172 valence electrons. The third kappa shape index (κ3) is 6.08. The van der Waals surface area contributed by atoms with Crippen molar-refractivity contribution in [2.24, 2.45) is 0 Å². The normalized spacial score (nSPS) is 14.5. The zero-order valence-electron chi connectivity index (χ0n) is 17.7. The van der Waals surface area contributed by atoms with E-state index in [2.05, 4.69) is 21.2 Å². The lowest BCUT2D eigenvalue weighted by Crippen LogP contribution is -2.36. The minimum atomic E-state index is -0.502. The molecule has 0 unspecified atom stereocenters. The minimum absolute atomic E-state index is 0.249. The molecule has 1 heterocycles. The zero-order valence-corrected chi connectivity index (χ0v) is 20.8. The van der Waals surface area contributed by atoms with Gasteiger partial charge in [-0.2, -0.15) is 0 Å². The van der Waals surface area contributed by atoms with Gasteiger partial charge in [0.15, 0.2) is 0 Å². The molecule has 3 aromatic carbocycles. The Labute approximate surface area is 214 Å². The number of imide groups is 1. The van der Waals surface area contributed by atoms with Crippen LogP contribution in [-0.4, -0.2) is 28.5 Å². The SMILES string of the molecule is O=C(CN1C(=O)S/C(=C\c2ccc(OCc3ccc(Cl)cc3)c(Br)c2)C1=O)Nc1ccccc1. The smallest absolute Gasteiger partial charge is 0.294 e. The molecule has 0 radical (unpaired) electrons. The van der Waals surface area contributed by atoms with Crippen LogP contribution in [0.15, 0.2) is 82.2 Å². The summed E-state index contributed by atoms with van der Waals surface area (Å²) in [5, 5.41) is 2.85. The number of nitrogens with one attached hydrogen (secondary N) is 1. The van der Waals surface area contributed by atoms with Crippen LogP contribution in [0.1, 0.15) is 11.1 Å². The van der Waals surface area contributed by atoms with Gasteiger partial charge in [-0.3, -0.25) is 19.3 Å². The van der Waals surface area contributed by atoms with E-state index in [0.29, 0.717) is 33.1 Å². The number of nitrogens with zero attached hydrogens (tertiary/aromatic N) is 1. The number of halogens is 2. The van der Waals surface area contributed by atoms with Crippen LogP contribution in [0, 0.1) is 0 Å². The summed E-state index contributed by atoms with van der Waals surface area (Å²) in [6.07, 6.45) is 1.62. The molecule has 0 bridgehead atoms. The van der Waals surface area contributed by atoms with Crippen LogP contribution in [0.25, 0.3) is 6.08 Å². The number of thioether (sulfide) groups is 1. The number of hydrogen-bond donors (Lipinski definition) is 1. The van der Waals surface area contributed by atoms with Gasteiger partial charge >= 0.3 is 0 Å². The maximum atomic E-state index is 12.7. The van der Waals surface area contributed by atoms with Gasteiger partial charge in [0.05, 0.1) is 9.38 Å². The molecule has 3 amide bonds. The van der Waals surface area contributed by atoms with Crippen LogP contribution >= 0.6 is 39.3 Å². The number of para-hydroxylation sites is 1. The molecule has 3 aromatic rings. The number of rotatable bonds is 7. The Morgan fingerprint density at radius 2 is 1.79 bits per heavy atom. The molecule has 1 fully saturated rings. The summed E-state index contributed by atoms with van der Waals surface area (Å²) in [5.74, 6) is -0.310. The number of ether oxygens (including phenoxy) is 1. The molecule has 0 spiro atoms. The Hall–Kier alpha value is -3.07. The summed E-state index contributed by atoms with van der Waals surface area (Å²) in [6.45, 7) is 0.0249. The molecule has 1 aliphatic rings. The molecule has 9 heteroatoms. The summed E-state index contributed by atoms with van der Waals surface area (Å²) >= 11 is 10.2. The molecule has 4 rings (SSSR count). The maximum absolute atomic E-state index is 12.7. The highest BCUT2D eigenvalue weighted by Gasteiger charge is 2.36. The third-order valence-corrected chi connectivity index (χ3v) is 6.57.